The van der Waals surface area contributed by atoms with Gasteiger partial charge in [0, 0.05) is 19.2 Å². The largest absolute Gasteiger partial charge is 0.493 e. The minimum absolute atomic E-state index is 0.127. The van der Waals surface area contributed by atoms with E-state index >= 15 is 0 Å². The zero-order chi connectivity index (χ0) is 17.9. The lowest BCUT2D eigenvalue weighted by molar-refractivity contribution is 0.0784. The van der Waals surface area contributed by atoms with E-state index in [-0.39, 0.29) is 5.91 Å². The van der Waals surface area contributed by atoms with Crippen molar-refractivity contribution in [3.05, 3.63) is 57.6 Å². The molecular formula is C19H22ClNO3. The van der Waals surface area contributed by atoms with Gasteiger partial charge in [0.1, 0.15) is 0 Å². The molecule has 4 nitrogen and oxygen atoms in total. The van der Waals surface area contributed by atoms with Crippen molar-refractivity contribution in [2.45, 2.75) is 20.4 Å². The van der Waals surface area contributed by atoms with E-state index < -0.39 is 0 Å². The second kappa shape index (κ2) is 7.58. The number of carbonyl (C=O) groups excluding carboxylic acids is 1. The van der Waals surface area contributed by atoms with Gasteiger partial charge in [-0.3, -0.25) is 4.79 Å². The molecule has 0 aromatic heterocycles. The van der Waals surface area contributed by atoms with Gasteiger partial charge < -0.3 is 14.4 Å². The zero-order valence-electron chi connectivity index (χ0n) is 14.6. The highest BCUT2D eigenvalue weighted by Gasteiger charge is 2.18. The first kappa shape index (κ1) is 18.1. The number of hydrogen-bond acceptors (Lipinski definition) is 3. The van der Waals surface area contributed by atoms with Gasteiger partial charge in [-0.15, -0.1) is 0 Å². The van der Waals surface area contributed by atoms with Crippen LogP contribution < -0.4 is 9.47 Å². The van der Waals surface area contributed by atoms with Gasteiger partial charge in [-0.25, -0.2) is 0 Å². The monoisotopic (exact) mass is 347 g/mol. The Labute approximate surface area is 147 Å². The summed E-state index contributed by atoms with van der Waals surface area (Å²) < 4.78 is 10.5. The van der Waals surface area contributed by atoms with Gasteiger partial charge in [0.2, 0.25) is 0 Å². The van der Waals surface area contributed by atoms with Crippen LogP contribution >= 0.6 is 11.6 Å². The number of methoxy groups -OCH3 is 2. The molecule has 2 rings (SSSR count). The summed E-state index contributed by atoms with van der Waals surface area (Å²) in [6.07, 6.45) is 0. The lowest BCUT2D eigenvalue weighted by Gasteiger charge is -2.20. The van der Waals surface area contributed by atoms with Crippen LogP contribution in [0.3, 0.4) is 0 Å². The van der Waals surface area contributed by atoms with Gasteiger partial charge in [0.15, 0.2) is 11.5 Å². The van der Waals surface area contributed by atoms with Crippen LogP contribution in [0.2, 0.25) is 5.02 Å². The summed E-state index contributed by atoms with van der Waals surface area (Å²) in [5.74, 6) is 0.735. The van der Waals surface area contributed by atoms with Gasteiger partial charge in [-0.05, 0) is 37.1 Å². The van der Waals surface area contributed by atoms with E-state index in [9.17, 15) is 4.79 Å². The molecule has 128 valence electrons. The van der Waals surface area contributed by atoms with Crippen LogP contribution in [0.25, 0.3) is 0 Å². The molecule has 24 heavy (non-hydrogen) atoms. The van der Waals surface area contributed by atoms with Gasteiger partial charge in [-0.2, -0.15) is 0 Å². The summed E-state index contributed by atoms with van der Waals surface area (Å²) in [5.41, 5.74) is 3.95. The minimum Gasteiger partial charge on any atom is -0.493 e. The van der Waals surface area contributed by atoms with E-state index in [0.717, 1.165) is 5.56 Å². The summed E-state index contributed by atoms with van der Waals surface area (Å²) in [4.78, 5) is 14.4. The SMILES string of the molecule is COc1cc(C(=O)N(C)Cc2ccc(C)cc2C)cc(Cl)c1OC. The molecular weight excluding hydrogens is 326 g/mol. The predicted molar refractivity (Wildman–Crippen MR) is 96.3 cm³/mol. The lowest BCUT2D eigenvalue weighted by Crippen LogP contribution is -2.26. The fourth-order valence-electron chi connectivity index (χ4n) is 2.61. The Morgan fingerprint density at radius 2 is 1.83 bits per heavy atom. The van der Waals surface area contributed by atoms with Crippen LogP contribution in [0, 0.1) is 13.8 Å². The third-order valence-electron chi connectivity index (χ3n) is 3.93. The standard InChI is InChI=1S/C19H22ClNO3/c1-12-6-7-14(13(2)8-12)11-21(3)19(22)15-9-16(20)18(24-5)17(10-15)23-4/h6-10H,11H2,1-5H3. The predicted octanol–water partition coefficient (Wildman–Crippen LogP) is 4.25. The third-order valence-corrected chi connectivity index (χ3v) is 4.21. The molecule has 0 aliphatic carbocycles. The Morgan fingerprint density at radius 1 is 1.12 bits per heavy atom. The number of carbonyl (C=O) groups is 1. The molecule has 0 unspecified atom stereocenters. The average molecular weight is 348 g/mol. The summed E-state index contributed by atoms with van der Waals surface area (Å²) in [5, 5.41) is 0.347. The molecule has 0 N–H and O–H groups in total. The lowest BCUT2D eigenvalue weighted by atomic mass is 10.1. The third kappa shape index (κ3) is 3.82. The number of aryl methyl sites for hydroxylation is 2. The van der Waals surface area contributed by atoms with Gasteiger partial charge in [0.05, 0.1) is 19.2 Å². The highest BCUT2D eigenvalue weighted by Crippen LogP contribution is 2.36. The number of nitrogens with zero attached hydrogens (tertiary/aromatic N) is 1. The first-order chi connectivity index (χ1) is 11.4. The van der Waals surface area contributed by atoms with Gasteiger partial charge in [0.25, 0.3) is 5.91 Å². The fraction of sp³-hybridized carbons (Fsp3) is 0.316. The Kier molecular flexibility index (Phi) is 5.73. The van der Waals surface area contributed by atoms with Crippen molar-refractivity contribution in [3.63, 3.8) is 0 Å². The van der Waals surface area contributed by atoms with E-state index in [0.29, 0.717) is 28.6 Å². The van der Waals surface area contributed by atoms with E-state index in [1.54, 1.807) is 24.1 Å². The highest BCUT2D eigenvalue weighted by molar-refractivity contribution is 6.32. The summed E-state index contributed by atoms with van der Waals surface area (Å²) in [6, 6.07) is 9.46. The molecule has 0 radical (unpaired) electrons. The van der Waals surface area contributed by atoms with Crippen LogP contribution in [0.15, 0.2) is 30.3 Å². The van der Waals surface area contributed by atoms with Crippen LogP contribution in [-0.4, -0.2) is 32.1 Å². The molecule has 0 saturated carbocycles. The van der Waals surface area contributed by atoms with Gasteiger partial charge >= 0.3 is 0 Å². The zero-order valence-corrected chi connectivity index (χ0v) is 15.4. The molecule has 5 heteroatoms. The molecule has 0 heterocycles. The molecule has 0 atom stereocenters. The summed E-state index contributed by atoms with van der Waals surface area (Å²) >= 11 is 6.19. The van der Waals surface area contributed by atoms with E-state index in [2.05, 4.69) is 19.1 Å². The number of halogens is 1. The molecule has 2 aromatic rings. The summed E-state index contributed by atoms with van der Waals surface area (Å²) in [7, 11) is 4.80. The normalized spacial score (nSPS) is 10.4. The van der Waals surface area contributed by atoms with Crippen molar-refractivity contribution in [2.24, 2.45) is 0 Å². The van der Waals surface area contributed by atoms with Crippen molar-refractivity contribution >= 4 is 17.5 Å². The quantitative estimate of drug-likeness (QED) is 0.811. The maximum absolute atomic E-state index is 12.7. The molecule has 0 saturated heterocycles. The average Bonchev–Trinajstić information content (AvgIpc) is 2.55. The maximum Gasteiger partial charge on any atom is 0.254 e. The first-order valence-corrected chi connectivity index (χ1v) is 7.98. The summed E-state index contributed by atoms with van der Waals surface area (Å²) in [6.45, 7) is 4.63. The van der Waals surface area contributed by atoms with E-state index in [1.165, 1.54) is 25.3 Å². The topological polar surface area (TPSA) is 38.8 Å². The van der Waals surface area contributed by atoms with E-state index in [4.69, 9.17) is 21.1 Å². The minimum atomic E-state index is -0.127. The van der Waals surface area contributed by atoms with Crippen molar-refractivity contribution in [1.29, 1.82) is 0 Å². The first-order valence-electron chi connectivity index (χ1n) is 7.60. The van der Waals surface area contributed by atoms with Crippen molar-refractivity contribution in [2.75, 3.05) is 21.3 Å². The maximum atomic E-state index is 12.7. The van der Waals surface area contributed by atoms with Crippen molar-refractivity contribution < 1.29 is 14.3 Å². The number of benzene rings is 2. The Bertz CT molecular complexity index is 759. The number of amides is 1. The number of rotatable bonds is 5. The number of ether oxygens (including phenoxy) is 2. The molecule has 0 bridgehead atoms. The highest BCUT2D eigenvalue weighted by atomic mass is 35.5. The molecule has 0 fully saturated rings. The Hall–Kier alpha value is -2.20. The van der Waals surface area contributed by atoms with E-state index in [1.807, 2.05) is 13.0 Å². The molecule has 1 amide bonds. The second-order valence-corrected chi connectivity index (χ2v) is 6.19. The molecule has 0 spiro atoms. The van der Waals surface area contributed by atoms with Crippen LogP contribution in [0.4, 0.5) is 0 Å². The van der Waals surface area contributed by atoms with Crippen LogP contribution in [0.5, 0.6) is 11.5 Å². The van der Waals surface area contributed by atoms with Crippen LogP contribution in [-0.2, 0) is 6.54 Å². The molecule has 2 aromatic carbocycles. The Balaban J connectivity index is 2.26. The fourth-order valence-corrected chi connectivity index (χ4v) is 2.90. The van der Waals surface area contributed by atoms with Gasteiger partial charge in [-0.1, -0.05) is 35.4 Å². The number of hydrogen-bond donors (Lipinski definition) is 0. The second-order valence-electron chi connectivity index (χ2n) is 5.78. The van der Waals surface area contributed by atoms with Crippen molar-refractivity contribution in [1.82, 2.24) is 4.90 Å². The smallest absolute Gasteiger partial charge is 0.254 e. The molecule has 0 aliphatic rings. The molecule has 0 aliphatic heterocycles. The Morgan fingerprint density at radius 3 is 2.42 bits per heavy atom. The van der Waals surface area contributed by atoms with Crippen molar-refractivity contribution in [3.8, 4) is 11.5 Å². The van der Waals surface area contributed by atoms with Crippen LogP contribution in [0.1, 0.15) is 27.0 Å².